The van der Waals surface area contributed by atoms with Gasteiger partial charge in [-0.2, -0.15) is 0 Å². The van der Waals surface area contributed by atoms with Crippen molar-refractivity contribution in [3.63, 3.8) is 0 Å². The van der Waals surface area contributed by atoms with Crippen LogP contribution in [0.25, 0.3) is 0 Å². The molecule has 1 fully saturated rings. The molecule has 1 saturated carbocycles. The fourth-order valence-corrected chi connectivity index (χ4v) is 2.50. The van der Waals surface area contributed by atoms with Gasteiger partial charge in [-0.05, 0) is 39.0 Å². The van der Waals surface area contributed by atoms with E-state index in [0.717, 1.165) is 5.92 Å². The van der Waals surface area contributed by atoms with Gasteiger partial charge in [0.05, 0.1) is 4.75 Å². The second kappa shape index (κ2) is 5.05. The van der Waals surface area contributed by atoms with E-state index in [4.69, 9.17) is 0 Å². The molecule has 0 bridgehead atoms. The van der Waals surface area contributed by atoms with Crippen LogP contribution >= 0.6 is 0 Å². The Hall–Kier alpha value is -0.0900. The Balaban J connectivity index is 2.41. The number of nitrogens with one attached hydrogen (secondary N) is 1. The second-order valence-electron chi connectivity index (χ2n) is 5.70. The molecule has 0 heterocycles. The van der Waals surface area contributed by atoms with Gasteiger partial charge in [0.1, 0.15) is 0 Å². The summed E-state index contributed by atoms with van der Waals surface area (Å²) >= 11 is 0. The molecule has 0 aliphatic heterocycles. The number of sulfone groups is 1. The van der Waals surface area contributed by atoms with Crippen molar-refractivity contribution in [1.29, 1.82) is 0 Å². The molecule has 0 aromatic heterocycles. The minimum atomic E-state index is -2.98. The molecule has 1 rings (SSSR count). The van der Waals surface area contributed by atoms with Gasteiger partial charge in [0.2, 0.25) is 0 Å². The standard InChI is InChI=1S/C12H25NO2S/c1-5-10-6-7-11(8-10)13-9-12(2,3)16(4,14)15/h10-11,13H,5-9H2,1-4H3. The lowest BCUT2D eigenvalue weighted by Gasteiger charge is -2.25. The van der Waals surface area contributed by atoms with E-state index in [1.54, 1.807) is 13.8 Å². The van der Waals surface area contributed by atoms with E-state index in [1.807, 2.05) is 0 Å². The first kappa shape index (κ1) is 14.0. The summed E-state index contributed by atoms with van der Waals surface area (Å²) in [4.78, 5) is 0. The van der Waals surface area contributed by atoms with E-state index in [1.165, 1.54) is 31.9 Å². The highest BCUT2D eigenvalue weighted by molar-refractivity contribution is 7.92. The minimum Gasteiger partial charge on any atom is -0.312 e. The van der Waals surface area contributed by atoms with Crippen molar-refractivity contribution in [3.05, 3.63) is 0 Å². The van der Waals surface area contributed by atoms with Gasteiger partial charge in [0.15, 0.2) is 9.84 Å². The van der Waals surface area contributed by atoms with Gasteiger partial charge >= 0.3 is 0 Å². The lowest BCUT2D eigenvalue weighted by Crippen LogP contribution is -2.44. The topological polar surface area (TPSA) is 46.2 Å². The second-order valence-corrected chi connectivity index (χ2v) is 8.35. The number of hydrogen-bond donors (Lipinski definition) is 1. The van der Waals surface area contributed by atoms with E-state index in [-0.39, 0.29) is 0 Å². The van der Waals surface area contributed by atoms with Crippen LogP contribution in [0.15, 0.2) is 0 Å². The number of hydrogen-bond acceptors (Lipinski definition) is 3. The molecule has 0 amide bonds. The molecule has 96 valence electrons. The first-order valence-electron chi connectivity index (χ1n) is 6.19. The lowest BCUT2D eigenvalue weighted by atomic mass is 10.1. The van der Waals surface area contributed by atoms with Crippen molar-refractivity contribution >= 4 is 9.84 Å². The van der Waals surface area contributed by atoms with Crippen LogP contribution < -0.4 is 5.32 Å². The molecule has 0 saturated heterocycles. The van der Waals surface area contributed by atoms with E-state index in [2.05, 4.69) is 12.2 Å². The van der Waals surface area contributed by atoms with Crippen LogP contribution in [0.5, 0.6) is 0 Å². The molecule has 1 aliphatic carbocycles. The summed E-state index contributed by atoms with van der Waals surface area (Å²) in [6, 6.07) is 0.519. The Bertz CT molecular complexity index is 322. The molecule has 0 aromatic rings. The largest absolute Gasteiger partial charge is 0.312 e. The molecule has 1 N–H and O–H groups in total. The van der Waals surface area contributed by atoms with Crippen LogP contribution in [-0.2, 0) is 9.84 Å². The zero-order chi connectivity index (χ0) is 12.4. The summed E-state index contributed by atoms with van der Waals surface area (Å²) in [7, 11) is -2.98. The fourth-order valence-electron chi connectivity index (χ4n) is 2.15. The van der Waals surface area contributed by atoms with E-state index < -0.39 is 14.6 Å². The van der Waals surface area contributed by atoms with Crippen LogP contribution in [0, 0.1) is 5.92 Å². The predicted octanol–water partition coefficient (Wildman–Crippen LogP) is 1.98. The van der Waals surface area contributed by atoms with Crippen LogP contribution in [0.3, 0.4) is 0 Å². The normalized spacial score (nSPS) is 27.2. The summed E-state index contributed by atoms with van der Waals surface area (Å²) in [5, 5.41) is 3.41. The smallest absolute Gasteiger partial charge is 0.153 e. The third-order valence-corrected chi connectivity index (χ3v) is 6.09. The van der Waals surface area contributed by atoms with Crippen molar-refractivity contribution in [2.45, 2.75) is 57.2 Å². The summed E-state index contributed by atoms with van der Waals surface area (Å²) in [5.74, 6) is 0.832. The quantitative estimate of drug-likeness (QED) is 0.808. The molecular formula is C12H25NO2S. The van der Waals surface area contributed by atoms with Gasteiger partial charge in [-0.3, -0.25) is 0 Å². The van der Waals surface area contributed by atoms with Crippen LogP contribution in [0.2, 0.25) is 0 Å². The van der Waals surface area contributed by atoms with Crippen LogP contribution in [0.1, 0.15) is 46.5 Å². The molecular weight excluding hydrogens is 222 g/mol. The predicted molar refractivity (Wildman–Crippen MR) is 68.3 cm³/mol. The molecule has 1 aliphatic rings. The highest BCUT2D eigenvalue weighted by Crippen LogP contribution is 2.28. The molecule has 16 heavy (non-hydrogen) atoms. The Morgan fingerprint density at radius 1 is 1.31 bits per heavy atom. The van der Waals surface area contributed by atoms with Crippen LogP contribution in [0.4, 0.5) is 0 Å². The first-order valence-corrected chi connectivity index (χ1v) is 8.08. The van der Waals surface area contributed by atoms with Crippen molar-refractivity contribution in [3.8, 4) is 0 Å². The van der Waals surface area contributed by atoms with Crippen LogP contribution in [-0.4, -0.2) is 32.0 Å². The monoisotopic (exact) mass is 247 g/mol. The Labute approximate surface area is 99.9 Å². The van der Waals surface area contributed by atoms with E-state index >= 15 is 0 Å². The summed E-state index contributed by atoms with van der Waals surface area (Å²) in [5.41, 5.74) is 0. The zero-order valence-corrected chi connectivity index (χ0v) is 11.7. The lowest BCUT2D eigenvalue weighted by molar-refractivity contribution is 0.447. The summed E-state index contributed by atoms with van der Waals surface area (Å²) < 4.78 is 22.4. The fraction of sp³-hybridized carbons (Fsp3) is 1.00. The maximum Gasteiger partial charge on any atom is 0.153 e. The number of rotatable bonds is 5. The van der Waals surface area contributed by atoms with Gasteiger partial charge in [-0.25, -0.2) is 8.42 Å². The Morgan fingerprint density at radius 3 is 2.38 bits per heavy atom. The molecule has 3 nitrogen and oxygen atoms in total. The maximum absolute atomic E-state index is 11.5. The molecule has 2 unspecified atom stereocenters. The average molecular weight is 247 g/mol. The van der Waals surface area contributed by atoms with Gasteiger partial charge in [-0.1, -0.05) is 13.3 Å². The average Bonchev–Trinajstić information content (AvgIpc) is 2.60. The van der Waals surface area contributed by atoms with Gasteiger partial charge < -0.3 is 5.32 Å². The zero-order valence-electron chi connectivity index (χ0n) is 10.9. The molecule has 2 atom stereocenters. The SMILES string of the molecule is CCC1CCC(NCC(C)(C)S(C)(=O)=O)C1. The molecule has 0 radical (unpaired) electrons. The highest BCUT2D eigenvalue weighted by Gasteiger charge is 2.32. The highest BCUT2D eigenvalue weighted by atomic mass is 32.2. The van der Waals surface area contributed by atoms with Crippen molar-refractivity contribution < 1.29 is 8.42 Å². The summed E-state index contributed by atoms with van der Waals surface area (Å²) in [6.45, 7) is 6.38. The minimum absolute atomic E-state index is 0.519. The Kier molecular flexibility index (Phi) is 4.41. The van der Waals surface area contributed by atoms with Gasteiger partial charge in [-0.15, -0.1) is 0 Å². The Morgan fingerprint density at radius 2 is 1.94 bits per heavy atom. The van der Waals surface area contributed by atoms with E-state index in [9.17, 15) is 8.42 Å². The summed E-state index contributed by atoms with van der Waals surface area (Å²) in [6.07, 6.45) is 6.24. The van der Waals surface area contributed by atoms with Crippen molar-refractivity contribution in [1.82, 2.24) is 5.32 Å². The van der Waals surface area contributed by atoms with Crippen molar-refractivity contribution in [2.75, 3.05) is 12.8 Å². The molecule has 0 aromatic carbocycles. The van der Waals surface area contributed by atoms with Gasteiger partial charge in [0, 0.05) is 18.8 Å². The molecule has 0 spiro atoms. The van der Waals surface area contributed by atoms with Gasteiger partial charge in [0.25, 0.3) is 0 Å². The first-order chi connectivity index (χ1) is 7.26. The third kappa shape index (κ3) is 3.45. The third-order valence-electron chi connectivity index (χ3n) is 3.94. The maximum atomic E-state index is 11.5. The van der Waals surface area contributed by atoms with E-state index in [0.29, 0.717) is 12.6 Å². The van der Waals surface area contributed by atoms with Crippen molar-refractivity contribution in [2.24, 2.45) is 5.92 Å². The molecule has 4 heteroatoms.